The second kappa shape index (κ2) is 9.05. The van der Waals surface area contributed by atoms with E-state index in [0.29, 0.717) is 30.1 Å². The molecular formula is C19H23ClN2O3S. The first kappa shape index (κ1) is 20.3. The molecular weight excluding hydrogens is 372 g/mol. The molecule has 1 unspecified atom stereocenters. The van der Waals surface area contributed by atoms with Crippen LogP contribution in [0.3, 0.4) is 0 Å². The smallest absolute Gasteiger partial charge is 0.243 e. The van der Waals surface area contributed by atoms with Gasteiger partial charge in [-0.1, -0.05) is 48.9 Å². The molecule has 5 nitrogen and oxygen atoms in total. The highest BCUT2D eigenvalue weighted by Crippen LogP contribution is 2.24. The zero-order chi connectivity index (χ0) is 19.2. The third-order valence-electron chi connectivity index (χ3n) is 3.97. The first-order valence-electron chi connectivity index (χ1n) is 8.39. The number of hydrogen-bond donors (Lipinski definition) is 1. The molecule has 0 heterocycles. The number of carbonyl (C=O) groups excluding carboxylic acids is 1. The zero-order valence-electron chi connectivity index (χ0n) is 14.9. The monoisotopic (exact) mass is 394 g/mol. The standard InChI is InChI=1S/C19H23ClN2O3S/c1-3-18(19(23)21-14-13-15-7-5-4-6-8-15)22(26(2,24)25)17-11-9-16(20)10-12-17/h4-12,18H,3,13-14H2,1-2H3,(H,21,23). The molecule has 2 rings (SSSR count). The maximum atomic E-state index is 12.6. The van der Waals surface area contributed by atoms with Gasteiger partial charge in [-0.05, 0) is 42.7 Å². The molecule has 1 N–H and O–H groups in total. The Morgan fingerprint density at radius 3 is 2.27 bits per heavy atom. The van der Waals surface area contributed by atoms with E-state index in [1.165, 1.54) is 0 Å². The van der Waals surface area contributed by atoms with Gasteiger partial charge in [-0.15, -0.1) is 0 Å². The third-order valence-corrected chi connectivity index (χ3v) is 5.40. The molecule has 2 aromatic carbocycles. The van der Waals surface area contributed by atoms with Crippen molar-refractivity contribution in [2.75, 3.05) is 17.1 Å². The summed E-state index contributed by atoms with van der Waals surface area (Å²) in [5.41, 5.74) is 1.53. The Morgan fingerprint density at radius 1 is 1.12 bits per heavy atom. The van der Waals surface area contributed by atoms with Gasteiger partial charge in [0.05, 0.1) is 11.9 Å². The van der Waals surface area contributed by atoms with Crippen LogP contribution in [0.1, 0.15) is 18.9 Å². The van der Waals surface area contributed by atoms with Gasteiger partial charge in [0, 0.05) is 11.6 Å². The first-order valence-corrected chi connectivity index (χ1v) is 10.6. The zero-order valence-corrected chi connectivity index (χ0v) is 16.4. The number of benzene rings is 2. The molecule has 0 aliphatic rings. The Bertz CT molecular complexity index is 824. The highest BCUT2D eigenvalue weighted by atomic mass is 35.5. The SMILES string of the molecule is CCC(C(=O)NCCc1ccccc1)N(c1ccc(Cl)cc1)S(C)(=O)=O. The van der Waals surface area contributed by atoms with E-state index >= 15 is 0 Å². The van der Waals surface area contributed by atoms with E-state index in [9.17, 15) is 13.2 Å². The summed E-state index contributed by atoms with van der Waals surface area (Å²) in [5.74, 6) is -0.316. The van der Waals surface area contributed by atoms with Crippen molar-refractivity contribution < 1.29 is 13.2 Å². The second-order valence-corrected chi connectivity index (χ2v) is 8.28. The number of hydrogen-bond acceptors (Lipinski definition) is 3. The van der Waals surface area contributed by atoms with Crippen molar-refractivity contribution in [1.29, 1.82) is 0 Å². The van der Waals surface area contributed by atoms with Crippen LogP contribution in [-0.4, -0.2) is 33.2 Å². The lowest BCUT2D eigenvalue weighted by Crippen LogP contribution is -2.49. The van der Waals surface area contributed by atoms with Crippen LogP contribution in [0.25, 0.3) is 0 Å². The quantitative estimate of drug-likeness (QED) is 0.747. The number of rotatable bonds is 8. The fourth-order valence-electron chi connectivity index (χ4n) is 2.74. The molecule has 0 aliphatic heterocycles. The largest absolute Gasteiger partial charge is 0.354 e. The van der Waals surface area contributed by atoms with Crippen molar-refractivity contribution in [2.24, 2.45) is 0 Å². The predicted octanol–water partition coefficient (Wildman–Crippen LogP) is 3.24. The van der Waals surface area contributed by atoms with E-state index < -0.39 is 16.1 Å². The average Bonchev–Trinajstić information content (AvgIpc) is 2.60. The molecule has 0 aromatic heterocycles. The third kappa shape index (κ3) is 5.47. The molecule has 0 radical (unpaired) electrons. The Labute approximate surface area is 160 Å². The van der Waals surface area contributed by atoms with Gasteiger partial charge in [-0.25, -0.2) is 8.42 Å². The summed E-state index contributed by atoms with van der Waals surface area (Å²) in [6, 6.07) is 15.4. The van der Waals surface area contributed by atoms with Crippen LogP contribution in [0.15, 0.2) is 54.6 Å². The van der Waals surface area contributed by atoms with Crippen LogP contribution in [0, 0.1) is 0 Å². The van der Waals surface area contributed by atoms with Crippen molar-refractivity contribution in [2.45, 2.75) is 25.8 Å². The van der Waals surface area contributed by atoms with E-state index in [1.807, 2.05) is 30.3 Å². The number of halogens is 1. The number of nitrogens with zero attached hydrogens (tertiary/aromatic N) is 1. The summed E-state index contributed by atoms with van der Waals surface area (Å²) in [6.07, 6.45) is 2.14. The number of amides is 1. The molecule has 7 heteroatoms. The van der Waals surface area contributed by atoms with Crippen molar-refractivity contribution in [3.05, 3.63) is 65.2 Å². The van der Waals surface area contributed by atoms with Crippen LogP contribution in [-0.2, 0) is 21.2 Å². The molecule has 1 atom stereocenters. The predicted molar refractivity (Wildman–Crippen MR) is 106 cm³/mol. The minimum absolute atomic E-state index is 0.316. The summed E-state index contributed by atoms with van der Waals surface area (Å²) in [5, 5.41) is 3.35. The minimum Gasteiger partial charge on any atom is -0.354 e. The summed E-state index contributed by atoms with van der Waals surface area (Å²) < 4.78 is 25.8. The van der Waals surface area contributed by atoms with E-state index in [1.54, 1.807) is 31.2 Å². The van der Waals surface area contributed by atoms with Crippen molar-refractivity contribution in [3.63, 3.8) is 0 Å². The van der Waals surface area contributed by atoms with E-state index in [2.05, 4.69) is 5.32 Å². The van der Waals surface area contributed by atoms with E-state index in [-0.39, 0.29) is 5.91 Å². The molecule has 0 fully saturated rings. The molecule has 0 aliphatic carbocycles. The molecule has 0 spiro atoms. The highest BCUT2D eigenvalue weighted by Gasteiger charge is 2.31. The van der Waals surface area contributed by atoms with Crippen molar-refractivity contribution in [3.8, 4) is 0 Å². The molecule has 0 bridgehead atoms. The van der Waals surface area contributed by atoms with Crippen LogP contribution < -0.4 is 9.62 Å². The number of carbonyl (C=O) groups is 1. The maximum Gasteiger partial charge on any atom is 0.243 e. The fourth-order valence-corrected chi connectivity index (χ4v) is 4.08. The minimum atomic E-state index is -3.63. The Balaban J connectivity index is 2.13. The molecule has 140 valence electrons. The number of nitrogens with one attached hydrogen (secondary N) is 1. The van der Waals surface area contributed by atoms with Gasteiger partial charge in [-0.3, -0.25) is 9.10 Å². The first-order chi connectivity index (χ1) is 12.3. The molecule has 0 saturated heterocycles. The summed E-state index contributed by atoms with van der Waals surface area (Å²) >= 11 is 5.89. The molecule has 2 aromatic rings. The topological polar surface area (TPSA) is 66.5 Å². The van der Waals surface area contributed by atoms with Gasteiger partial charge in [-0.2, -0.15) is 0 Å². The van der Waals surface area contributed by atoms with Gasteiger partial charge < -0.3 is 5.32 Å². The van der Waals surface area contributed by atoms with Crippen LogP contribution >= 0.6 is 11.6 Å². The Kier molecular flexibility index (Phi) is 7.06. The lowest BCUT2D eigenvalue weighted by molar-refractivity contribution is -0.122. The Hall–Kier alpha value is -2.05. The number of sulfonamides is 1. The number of anilines is 1. The maximum absolute atomic E-state index is 12.6. The van der Waals surface area contributed by atoms with Gasteiger partial charge in [0.1, 0.15) is 6.04 Å². The lowest BCUT2D eigenvalue weighted by Gasteiger charge is -2.30. The Morgan fingerprint density at radius 2 is 1.73 bits per heavy atom. The lowest BCUT2D eigenvalue weighted by atomic mass is 10.1. The summed E-state index contributed by atoms with van der Waals surface area (Å²) in [7, 11) is -3.63. The second-order valence-electron chi connectivity index (χ2n) is 5.99. The average molecular weight is 395 g/mol. The van der Waals surface area contributed by atoms with Crippen LogP contribution in [0.2, 0.25) is 5.02 Å². The van der Waals surface area contributed by atoms with E-state index in [4.69, 9.17) is 11.6 Å². The van der Waals surface area contributed by atoms with Crippen molar-refractivity contribution >= 4 is 33.2 Å². The van der Waals surface area contributed by atoms with Crippen molar-refractivity contribution in [1.82, 2.24) is 5.32 Å². The molecule has 26 heavy (non-hydrogen) atoms. The van der Waals surface area contributed by atoms with E-state index in [0.717, 1.165) is 16.1 Å². The summed E-state index contributed by atoms with van der Waals surface area (Å²) in [6.45, 7) is 2.23. The molecule has 0 saturated carbocycles. The van der Waals surface area contributed by atoms with Gasteiger partial charge in [0.25, 0.3) is 0 Å². The van der Waals surface area contributed by atoms with Gasteiger partial charge in [0.2, 0.25) is 15.9 Å². The molecule has 1 amide bonds. The van der Waals surface area contributed by atoms with Crippen LogP contribution in [0.4, 0.5) is 5.69 Å². The highest BCUT2D eigenvalue weighted by molar-refractivity contribution is 7.92. The van der Waals surface area contributed by atoms with Gasteiger partial charge >= 0.3 is 0 Å². The van der Waals surface area contributed by atoms with Gasteiger partial charge in [0.15, 0.2) is 0 Å². The summed E-state index contributed by atoms with van der Waals surface area (Å²) in [4.78, 5) is 12.6. The van der Waals surface area contributed by atoms with Crippen LogP contribution in [0.5, 0.6) is 0 Å². The fraction of sp³-hybridized carbons (Fsp3) is 0.316. The normalized spacial score (nSPS) is 12.4.